The zero-order valence-corrected chi connectivity index (χ0v) is 11.4. The number of rotatable bonds is 4. The predicted molar refractivity (Wildman–Crippen MR) is 68.5 cm³/mol. The van der Waals surface area contributed by atoms with E-state index in [0.29, 0.717) is 5.41 Å². The molecule has 16 heavy (non-hydrogen) atoms. The van der Waals surface area contributed by atoms with Crippen LogP contribution >= 0.6 is 0 Å². The third kappa shape index (κ3) is 4.25. The van der Waals surface area contributed by atoms with Crippen LogP contribution in [-0.2, 0) is 4.79 Å². The van der Waals surface area contributed by atoms with E-state index >= 15 is 0 Å². The Morgan fingerprint density at radius 3 is 2.19 bits per heavy atom. The highest BCUT2D eigenvalue weighted by molar-refractivity contribution is 5.60. The maximum Gasteiger partial charge on any atom is 0.127 e. The van der Waals surface area contributed by atoms with Gasteiger partial charge < -0.3 is 9.69 Å². The molecule has 0 N–H and O–H groups in total. The number of carbonyl (C=O) groups excluding carboxylic acids is 1. The molecule has 94 valence electrons. The fraction of sp³-hybridized carbons (Fsp3) is 0.929. The highest BCUT2D eigenvalue weighted by Crippen LogP contribution is 2.35. The Morgan fingerprint density at radius 1 is 1.19 bits per heavy atom. The van der Waals surface area contributed by atoms with Crippen molar-refractivity contribution in [3.05, 3.63) is 0 Å². The first-order chi connectivity index (χ1) is 7.37. The maximum absolute atomic E-state index is 11.4. The first kappa shape index (κ1) is 13.7. The molecular weight excluding hydrogens is 198 g/mol. The third-order valence-electron chi connectivity index (χ3n) is 3.43. The summed E-state index contributed by atoms with van der Waals surface area (Å²) < 4.78 is 0. The van der Waals surface area contributed by atoms with Gasteiger partial charge in [0, 0.05) is 18.5 Å². The minimum Gasteiger partial charge on any atom is -0.305 e. The van der Waals surface area contributed by atoms with E-state index < -0.39 is 0 Å². The molecule has 0 saturated heterocycles. The molecule has 1 rings (SSSR count). The molecule has 0 atom stereocenters. The molecule has 0 aromatic heterocycles. The van der Waals surface area contributed by atoms with E-state index in [1.807, 2.05) is 0 Å². The largest absolute Gasteiger partial charge is 0.305 e. The second-order valence-corrected chi connectivity index (χ2v) is 6.77. The lowest BCUT2D eigenvalue weighted by Gasteiger charge is -2.37. The summed E-state index contributed by atoms with van der Waals surface area (Å²) in [5, 5.41) is 0. The van der Waals surface area contributed by atoms with Crippen LogP contribution in [0.25, 0.3) is 0 Å². The average Bonchev–Trinajstić information content (AvgIpc) is 2.16. The van der Waals surface area contributed by atoms with Crippen LogP contribution in [0.1, 0.15) is 52.9 Å². The second-order valence-electron chi connectivity index (χ2n) is 6.77. The first-order valence-electron chi connectivity index (χ1n) is 6.52. The smallest absolute Gasteiger partial charge is 0.127 e. The number of aldehydes is 1. The fourth-order valence-electron chi connectivity index (χ4n) is 2.97. The lowest BCUT2D eigenvalue weighted by atomic mass is 9.74. The van der Waals surface area contributed by atoms with Crippen molar-refractivity contribution in [2.24, 2.45) is 10.8 Å². The lowest BCUT2D eigenvalue weighted by molar-refractivity contribution is -0.119. The van der Waals surface area contributed by atoms with Gasteiger partial charge in [-0.25, -0.2) is 0 Å². The Kier molecular flexibility index (Phi) is 4.54. The molecule has 0 aromatic rings. The zero-order chi connectivity index (χ0) is 12.2. The number of carbonyl (C=O) groups is 1. The van der Waals surface area contributed by atoms with Crippen molar-refractivity contribution in [2.75, 3.05) is 20.1 Å². The van der Waals surface area contributed by atoms with Crippen LogP contribution in [0.3, 0.4) is 0 Å². The molecule has 2 nitrogen and oxygen atoms in total. The molecule has 0 unspecified atom stereocenters. The number of nitrogens with zero attached hydrogens (tertiary/aromatic N) is 1. The minimum absolute atomic E-state index is 0.0434. The molecule has 0 spiro atoms. The van der Waals surface area contributed by atoms with Crippen molar-refractivity contribution in [1.82, 2.24) is 4.90 Å². The van der Waals surface area contributed by atoms with Gasteiger partial charge in [-0.2, -0.15) is 0 Å². The summed E-state index contributed by atoms with van der Waals surface area (Å²) in [5.41, 5.74) is 0.270. The Bertz CT molecular complexity index is 223. The van der Waals surface area contributed by atoms with Gasteiger partial charge in [-0.15, -0.1) is 0 Å². The average molecular weight is 225 g/mol. The Balaban J connectivity index is 2.52. The molecule has 1 aliphatic carbocycles. The normalized spacial score (nSPS) is 21.1. The van der Waals surface area contributed by atoms with Crippen LogP contribution in [-0.4, -0.2) is 31.3 Å². The van der Waals surface area contributed by atoms with Gasteiger partial charge in [0.05, 0.1) is 0 Å². The molecule has 0 heterocycles. The van der Waals surface area contributed by atoms with Crippen LogP contribution in [0.2, 0.25) is 0 Å². The van der Waals surface area contributed by atoms with Crippen molar-refractivity contribution in [1.29, 1.82) is 0 Å². The van der Waals surface area contributed by atoms with Gasteiger partial charge >= 0.3 is 0 Å². The third-order valence-corrected chi connectivity index (χ3v) is 3.43. The van der Waals surface area contributed by atoms with Crippen molar-refractivity contribution in [3.63, 3.8) is 0 Å². The standard InChI is InChI=1S/C14H27NO/c1-13(2,3)10-15(4)11-14(12-16)8-6-5-7-9-14/h12H,5-11H2,1-4H3. The van der Waals surface area contributed by atoms with Crippen LogP contribution in [0, 0.1) is 10.8 Å². The Hall–Kier alpha value is -0.370. The fourth-order valence-corrected chi connectivity index (χ4v) is 2.97. The topological polar surface area (TPSA) is 20.3 Å². The van der Waals surface area contributed by atoms with Crippen molar-refractivity contribution >= 4 is 6.29 Å². The molecule has 2 heteroatoms. The van der Waals surface area contributed by atoms with Crippen LogP contribution < -0.4 is 0 Å². The molecule has 0 radical (unpaired) electrons. The van der Waals surface area contributed by atoms with E-state index in [1.54, 1.807) is 0 Å². The number of hydrogen-bond donors (Lipinski definition) is 0. The zero-order valence-electron chi connectivity index (χ0n) is 11.4. The van der Waals surface area contributed by atoms with Crippen molar-refractivity contribution < 1.29 is 4.79 Å². The highest BCUT2D eigenvalue weighted by Gasteiger charge is 2.33. The SMILES string of the molecule is CN(CC(C)(C)C)CC1(C=O)CCCCC1. The van der Waals surface area contributed by atoms with Crippen LogP contribution in [0.15, 0.2) is 0 Å². The monoisotopic (exact) mass is 225 g/mol. The maximum atomic E-state index is 11.4. The highest BCUT2D eigenvalue weighted by atomic mass is 16.1. The van der Waals surface area contributed by atoms with Crippen molar-refractivity contribution in [3.8, 4) is 0 Å². The van der Waals surface area contributed by atoms with Gasteiger partial charge in [0.1, 0.15) is 6.29 Å². The van der Waals surface area contributed by atoms with Crippen molar-refractivity contribution in [2.45, 2.75) is 52.9 Å². The summed E-state index contributed by atoms with van der Waals surface area (Å²) in [7, 11) is 2.14. The van der Waals surface area contributed by atoms with Gasteiger partial charge in [-0.3, -0.25) is 0 Å². The molecular formula is C14H27NO. The summed E-state index contributed by atoms with van der Waals surface area (Å²) in [6.45, 7) is 8.74. The van der Waals surface area contributed by atoms with Crippen LogP contribution in [0.5, 0.6) is 0 Å². The van der Waals surface area contributed by atoms with Gasteiger partial charge in [-0.1, -0.05) is 40.0 Å². The first-order valence-corrected chi connectivity index (χ1v) is 6.52. The van der Waals surface area contributed by atoms with E-state index in [1.165, 1.54) is 25.5 Å². The van der Waals surface area contributed by atoms with Gasteiger partial charge in [0.25, 0.3) is 0 Å². The summed E-state index contributed by atoms with van der Waals surface area (Å²) in [5.74, 6) is 0. The van der Waals surface area contributed by atoms with E-state index in [-0.39, 0.29) is 5.41 Å². The Morgan fingerprint density at radius 2 is 1.75 bits per heavy atom. The van der Waals surface area contributed by atoms with Gasteiger partial charge in [0.15, 0.2) is 0 Å². The summed E-state index contributed by atoms with van der Waals surface area (Å²) >= 11 is 0. The molecule has 1 saturated carbocycles. The van der Waals surface area contributed by atoms with E-state index in [2.05, 4.69) is 32.7 Å². The molecule has 1 aliphatic rings. The van der Waals surface area contributed by atoms with E-state index in [0.717, 1.165) is 25.9 Å². The molecule has 0 aromatic carbocycles. The van der Waals surface area contributed by atoms with Gasteiger partial charge in [-0.05, 0) is 25.3 Å². The quantitative estimate of drug-likeness (QED) is 0.685. The predicted octanol–water partition coefficient (Wildman–Crippen LogP) is 3.11. The second kappa shape index (κ2) is 5.31. The Labute approximate surface area is 100 Å². The minimum atomic E-state index is -0.0434. The summed E-state index contributed by atoms with van der Waals surface area (Å²) in [6, 6.07) is 0. The van der Waals surface area contributed by atoms with Gasteiger partial charge in [0.2, 0.25) is 0 Å². The van der Waals surface area contributed by atoms with Crippen LogP contribution in [0.4, 0.5) is 0 Å². The molecule has 0 aliphatic heterocycles. The summed E-state index contributed by atoms with van der Waals surface area (Å²) in [4.78, 5) is 13.7. The number of hydrogen-bond acceptors (Lipinski definition) is 2. The molecule has 0 bridgehead atoms. The van der Waals surface area contributed by atoms with E-state index in [4.69, 9.17) is 0 Å². The summed E-state index contributed by atoms with van der Waals surface area (Å²) in [6.07, 6.45) is 7.16. The molecule has 0 amide bonds. The van der Waals surface area contributed by atoms with E-state index in [9.17, 15) is 4.79 Å². The lowest BCUT2D eigenvalue weighted by Crippen LogP contribution is -2.41. The molecule has 1 fully saturated rings.